The van der Waals surface area contributed by atoms with Gasteiger partial charge in [0, 0.05) is 0 Å². The molecule has 0 aliphatic carbocycles. The molecule has 75 valence electrons. The van der Waals surface area contributed by atoms with Crippen molar-refractivity contribution in [2.24, 2.45) is 0 Å². The van der Waals surface area contributed by atoms with Gasteiger partial charge in [-0.1, -0.05) is 26.0 Å². The van der Waals surface area contributed by atoms with E-state index in [9.17, 15) is 0 Å². The molecule has 0 unspecified atom stereocenters. The van der Waals surface area contributed by atoms with Crippen LogP contribution in [0.1, 0.15) is 30.9 Å². The van der Waals surface area contributed by atoms with E-state index >= 15 is 0 Å². The normalized spacial score (nSPS) is 9.86. The van der Waals surface area contributed by atoms with Gasteiger partial charge in [0.15, 0.2) is 0 Å². The van der Waals surface area contributed by atoms with E-state index in [2.05, 4.69) is 19.6 Å². The molecule has 1 aromatic rings. The van der Waals surface area contributed by atoms with Crippen LogP contribution in [0.3, 0.4) is 0 Å². The van der Waals surface area contributed by atoms with Crippen LogP contribution in [0.15, 0.2) is 24.8 Å². The number of unbranched alkanes of at least 4 members (excludes halogenated alkanes) is 1. The summed E-state index contributed by atoms with van der Waals surface area (Å²) in [6, 6.07) is 6.05. The van der Waals surface area contributed by atoms with Gasteiger partial charge >= 0.3 is 0 Å². The van der Waals surface area contributed by atoms with E-state index in [1.165, 1.54) is 5.56 Å². The molecule has 0 aliphatic rings. The molecule has 0 heterocycles. The zero-order valence-electron chi connectivity index (χ0n) is 8.97. The van der Waals surface area contributed by atoms with Crippen LogP contribution in [-0.2, 0) is 0 Å². The fourth-order valence-electron chi connectivity index (χ4n) is 1.27. The van der Waals surface area contributed by atoms with Crippen molar-refractivity contribution in [3.8, 4) is 5.75 Å². The fraction of sp³-hybridized carbons (Fsp3) is 0.385. The van der Waals surface area contributed by atoms with E-state index < -0.39 is 0 Å². The van der Waals surface area contributed by atoms with Crippen molar-refractivity contribution < 1.29 is 4.74 Å². The van der Waals surface area contributed by atoms with Crippen molar-refractivity contribution in [2.75, 3.05) is 6.61 Å². The molecule has 0 fully saturated rings. The lowest BCUT2D eigenvalue weighted by Gasteiger charge is -2.07. The number of aryl methyl sites for hydroxylation is 1. The smallest absolute Gasteiger partial charge is 0.120 e. The Kier molecular flexibility index (Phi) is 4.24. The molecule has 1 rings (SSSR count). The average Bonchev–Trinajstić information content (AvgIpc) is 2.17. The number of hydrogen-bond donors (Lipinski definition) is 0. The van der Waals surface area contributed by atoms with Crippen molar-refractivity contribution in [2.45, 2.75) is 26.7 Å². The molecule has 0 bridgehead atoms. The Morgan fingerprint density at radius 3 is 2.79 bits per heavy atom. The van der Waals surface area contributed by atoms with Gasteiger partial charge in [-0.25, -0.2) is 0 Å². The van der Waals surface area contributed by atoms with Gasteiger partial charge in [-0.3, -0.25) is 0 Å². The quantitative estimate of drug-likeness (QED) is 0.644. The van der Waals surface area contributed by atoms with Crippen LogP contribution in [0.5, 0.6) is 5.75 Å². The minimum atomic E-state index is 0.788. The summed E-state index contributed by atoms with van der Waals surface area (Å²) in [5.41, 5.74) is 2.18. The number of ether oxygens (including phenoxy) is 1. The number of hydrogen-bond acceptors (Lipinski definition) is 1. The van der Waals surface area contributed by atoms with E-state index in [0.29, 0.717) is 0 Å². The molecular formula is C13H17O. The van der Waals surface area contributed by atoms with Crippen molar-refractivity contribution >= 4 is 0 Å². The lowest BCUT2D eigenvalue weighted by Crippen LogP contribution is -1.97. The Bertz CT molecular complexity index is 302. The first-order valence-electron chi connectivity index (χ1n) is 5.04. The van der Waals surface area contributed by atoms with Crippen LogP contribution in [0, 0.1) is 13.0 Å². The zero-order chi connectivity index (χ0) is 10.4. The standard InChI is InChI=1S/C13H17O/c1-4-6-7-14-13-9-11(3)8-12(5-2)10-13/h8-10H,2,4,6-7H2,1,3H3. The monoisotopic (exact) mass is 189 g/mol. The molecule has 1 aromatic carbocycles. The Morgan fingerprint density at radius 2 is 2.14 bits per heavy atom. The molecule has 0 atom stereocenters. The SMILES string of the molecule is C=[C]c1cc(C)cc(OCCCC)c1. The second-order valence-electron chi connectivity index (χ2n) is 3.41. The Morgan fingerprint density at radius 1 is 1.36 bits per heavy atom. The highest BCUT2D eigenvalue weighted by molar-refractivity contribution is 5.36. The number of benzene rings is 1. The van der Waals surface area contributed by atoms with E-state index in [-0.39, 0.29) is 0 Å². The lowest BCUT2D eigenvalue weighted by atomic mass is 10.1. The molecule has 0 saturated carbocycles. The molecule has 1 radical (unpaired) electrons. The second-order valence-corrected chi connectivity index (χ2v) is 3.41. The van der Waals surface area contributed by atoms with Crippen LogP contribution in [0.25, 0.3) is 0 Å². The molecule has 0 amide bonds. The molecule has 0 aromatic heterocycles. The minimum absolute atomic E-state index is 0.788. The Balaban J connectivity index is 2.66. The summed E-state index contributed by atoms with van der Waals surface area (Å²) >= 11 is 0. The van der Waals surface area contributed by atoms with Crippen LogP contribution in [0.2, 0.25) is 0 Å². The van der Waals surface area contributed by atoms with Crippen molar-refractivity contribution in [3.05, 3.63) is 42.0 Å². The average molecular weight is 189 g/mol. The highest BCUT2D eigenvalue weighted by Gasteiger charge is 1.97. The first kappa shape index (κ1) is 10.8. The zero-order valence-corrected chi connectivity index (χ0v) is 8.97. The minimum Gasteiger partial charge on any atom is -0.494 e. The van der Waals surface area contributed by atoms with Crippen LogP contribution in [-0.4, -0.2) is 6.61 Å². The van der Waals surface area contributed by atoms with Gasteiger partial charge in [-0.2, -0.15) is 0 Å². The summed E-state index contributed by atoms with van der Waals surface area (Å²) in [5.74, 6) is 0.921. The maximum atomic E-state index is 5.60. The maximum absolute atomic E-state index is 5.60. The summed E-state index contributed by atoms with van der Waals surface area (Å²) in [6.45, 7) is 8.62. The maximum Gasteiger partial charge on any atom is 0.120 e. The molecule has 0 aliphatic heterocycles. The third-order valence-electron chi connectivity index (χ3n) is 2.02. The number of rotatable bonds is 5. The molecule has 1 heteroatoms. The van der Waals surface area contributed by atoms with Gasteiger partial charge in [0.1, 0.15) is 5.75 Å². The molecular weight excluding hydrogens is 172 g/mol. The summed E-state index contributed by atoms with van der Waals surface area (Å²) in [7, 11) is 0. The van der Waals surface area contributed by atoms with Crippen LogP contribution >= 0.6 is 0 Å². The molecule has 0 saturated heterocycles. The van der Waals surface area contributed by atoms with E-state index in [0.717, 1.165) is 30.8 Å². The molecule has 1 nitrogen and oxygen atoms in total. The van der Waals surface area contributed by atoms with Gasteiger partial charge in [0.2, 0.25) is 0 Å². The highest BCUT2D eigenvalue weighted by atomic mass is 16.5. The van der Waals surface area contributed by atoms with Gasteiger partial charge < -0.3 is 4.74 Å². The van der Waals surface area contributed by atoms with Crippen molar-refractivity contribution in [3.63, 3.8) is 0 Å². The van der Waals surface area contributed by atoms with Gasteiger partial charge in [-0.15, -0.1) is 0 Å². The first-order valence-corrected chi connectivity index (χ1v) is 5.04. The summed E-state index contributed by atoms with van der Waals surface area (Å²) in [6.07, 6.45) is 5.13. The van der Waals surface area contributed by atoms with Gasteiger partial charge in [-0.05, 0) is 42.7 Å². The fourth-order valence-corrected chi connectivity index (χ4v) is 1.27. The van der Waals surface area contributed by atoms with Crippen LogP contribution in [0.4, 0.5) is 0 Å². The van der Waals surface area contributed by atoms with Crippen molar-refractivity contribution in [1.82, 2.24) is 0 Å². The first-order chi connectivity index (χ1) is 6.76. The van der Waals surface area contributed by atoms with Crippen molar-refractivity contribution in [1.29, 1.82) is 0 Å². The van der Waals surface area contributed by atoms with Crippen LogP contribution < -0.4 is 4.74 Å². The molecule has 14 heavy (non-hydrogen) atoms. The van der Waals surface area contributed by atoms with E-state index in [4.69, 9.17) is 4.74 Å². The summed E-state index contributed by atoms with van der Waals surface area (Å²) in [5, 5.41) is 0. The second kappa shape index (κ2) is 5.48. The highest BCUT2D eigenvalue weighted by Crippen LogP contribution is 2.17. The third-order valence-corrected chi connectivity index (χ3v) is 2.02. The van der Waals surface area contributed by atoms with Gasteiger partial charge in [0.05, 0.1) is 6.61 Å². The Hall–Kier alpha value is -1.24. The van der Waals surface area contributed by atoms with E-state index in [1.54, 1.807) is 0 Å². The summed E-state index contributed by atoms with van der Waals surface area (Å²) < 4.78 is 5.60. The van der Waals surface area contributed by atoms with Gasteiger partial charge in [0.25, 0.3) is 0 Å². The largest absolute Gasteiger partial charge is 0.494 e. The Labute approximate surface area is 86.4 Å². The summed E-state index contributed by atoms with van der Waals surface area (Å²) in [4.78, 5) is 0. The molecule has 0 N–H and O–H groups in total. The molecule has 0 spiro atoms. The predicted molar refractivity (Wildman–Crippen MR) is 59.6 cm³/mol. The van der Waals surface area contributed by atoms with E-state index in [1.807, 2.05) is 25.1 Å². The predicted octanol–water partition coefficient (Wildman–Crippen LogP) is 3.51. The lowest BCUT2D eigenvalue weighted by molar-refractivity contribution is 0.309. The third kappa shape index (κ3) is 3.25. The topological polar surface area (TPSA) is 9.23 Å².